The summed E-state index contributed by atoms with van der Waals surface area (Å²) in [4.78, 5) is 16.8. The smallest absolute Gasteiger partial charge is 0.162 e. The van der Waals surface area contributed by atoms with E-state index in [1.54, 1.807) is 4.50 Å². The molecule has 1 N–H and O–H groups in total. The van der Waals surface area contributed by atoms with Gasteiger partial charge in [-0.15, -0.1) is 40.5 Å². The van der Waals surface area contributed by atoms with Crippen LogP contribution in [0, 0.1) is 30.2 Å². The van der Waals surface area contributed by atoms with Crippen molar-refractivity contribution in [3.8, 4) is 11.3 Å². The van der Waals surface area contributed by atoms with Gasteiger partial charge in [0.1, 0.15) is 0 Å². The van der Waals surface area contributed by atoms with Crippen LogP contribution in [-0.4, -0.2) is 23.9 Å². The maximum Gasteiger partial charge on any atom is 0.162 e. The zero-order valence-electron chi connectivity index (χ0n) is 37.3. The van der Waals surface area contributed by atoms with Crippen molar-refractivity contribution in [1.29, 1.82) is 0 Å². The number of fused-ring (bicyclic) bond motifs is 2. The number of allylic oxidation sites excluding steroid dienone is 2. The van der Waals surface area contributed by atoms with Crippen LogP contribution in [0.4, 0.5) is 0 Å². The van der Waals surface area contributed by atoms with Gasteiger partial charge in [-0.25, -0.2) is 0 Å². The maximum absolute atomic E-state index is 11.7. The quantitative estimate of drug-likeness (QED) is 0.0543. The van der Waals surface area contributed by atoms with Crippen molar-refractivity contribution in [2.75, 3.05) is 0 Å². The zero-order valence-corrected chi connectivity index (χ0v) is 41.5. The van der Waals surface area contributed by atoms with Gasteiger partial charge in [0, 0.05) is 59.1 Å². The Kier molecular flexibility index (Phi) is 16.9. The number of pyridine rings is 1. The van der Waals surface area contributed by atoms with Crippen molar-refractivity contribution < 1.29 is 30.0 Å². The van der Waals surface area contributed by atoms with E-state index < -0.39 is 8.07 Å². The fourth-order valence-corrected chi connectivity index (χ4v) is 16.5. The Balaban J connectivity index is 0.000000411. The molecule has 59 heavy (non-hydrogen) atoms. The third-order valence-corrected chi connectivity index (χ3v) is 19.2. The van der Waals surface area contributed by atoms with Crippen LogP contribution < -0.4 is 14.9 Å². The van der Waals surface area contributed by atoms with Crippen LogP contribution in [0.15, 0.2) is 115 Å². The molecule has 0 aliphatic heterocycles. The number of nitrogens with zero attached hydrogens (tertiary/aromatic N) is 1. The molecule has 0 unspecified atom stereocenters. The molecule has 0 fully saturated rings. The number of aliphatic hydroxyl groups is 1. The van der Waals surface area contributed by atoms with Crippen LogP contribution >= 0.6 is 11.3 Å². The van der Waals surface area contributed by atoms with Gasteiger partial charge in [0.25, 0.3) is 0 Å². The van der Waals surface area contributed by atoms with Gasteiger partial charge in [-0.05, 0) is 83.3 Å². The summed E-state index contributed by atoms with van der Waals surface area (Å²) in [6.07, 6.45) is 8.07. The second-order valence-corrected chi connectivity index (χ2v) is 23.5. The van der Waals surface area contributed by atoms with Gasteiger partial charge in [0.2, 0.25) is 0 Å². The minimum Gasteiger partial charge on any atom is -0.512 e. The SMILES string of the molecule is CCC(CC)C(=O)/C=C(\O)C(CC)CC.Cc1c([Si](CCC(C)(C)C)(c2ccccc2)c2ccccc2)sc2c(-c3[c-]c4ccccc4c(C(C)(C)C)c3)nccc12.[Ir]. The van der Waals surface area contributed by atoms with Crippen LogP contribution in [-0.2, 0) is 30.3 Å². The Morgan fingerprint density at radius 3 is 1.85 bits per heavy atom. The first-order valence-electron chi connectivity index (χ1n) is 21.5. The summed E-state index contributed by atoms with van der Waals surface area (Å²) >= 11 is 1.99. The summed E-state index contributed by atoms with van der Waals surface area (Å²) in [6.45, 7) is 24.5. The number of carbonyl (C=O) groups is 1. The number of benzene rings is 4. The van der Waals surface area contributed by atoms with Crippen molar-refractivity contribution in [2.24, 2.45) is 17.3 Å². The van der Waals surface area contributed by atoms with Gasteiger partial charge in [0.15, 0.2) is 13.9 Å². The summed E-state index contributed by atoms with van der Waals surface area (Å²) < 4.78 is 2.83. The molecule has 0 saturated heterocycles. The number of ketones is 1. The fourth-order valence-electron chi connectivity index (χ4n) is 8.34. The van der Waals surface area contributed by atoms with Gasteiger partial charge in [-0.2, -0.15) is 0 Å². The first-order chi connectivity index (χ1) is 27.6. The molecule has 2 heterocycles. The summed E-state index contributed by atoms with van der Waals surface area (Å²) in [5.41, 5.74) is 5.13. The molecular formula is C53H66IrNO2SSi-. The van der Waals surface area contributed by atoms with Crippen molar-refractivity contribution >= 4 is 60.9 Å². The first kappa shape index (κ1) is 48.0. The molecule has 0 saturated carbocycles. The van der Waals surface area contributed by atoms with Crippen LogP contribution in [0.1, 0.15) is 112 Å². The van der Waals surface area contributed by atoms with E-state index in [1.807, 2.05) is 45.2 Å². The summed E-state index contributed by atoms with van der Waals surface area (Å²) in [5, 5.41) is 16.5. The van der Waals surface area contributed by atoms with Gasteiger partial charge in [0.05, 0.1) is 5.76 Å². The van der Waals surface area contributed by atoms with E-state index in [0.29, 0.717) is 0 Å². The second kappa shape index (κ2) is 20.7. The Morgan fingerprint density at radius 1 is 0.780 bits per heavy atom. The standard InChI is InChI=1S/C40H42NSSi.C13H24O2.Ir/c1-28-33-22-24-41-36(30-26-29-16-14-15-21-34(29)35(27-30)40(5,6)7)37(33)42-38(28)43(25-23-39(2,3)4,31-17-10-8-11-18-31)32-19-12-9-13-20-32;1-5-10(6-2)12(14)9-13(15)11(7-3)8-4;/h8-22,24,27H,23,25H2,1-7H3;9-11,14H,5-8H2,1-4H3;/q-1;;/b;12-9-;. The summed E-state index contributed by atoms with van der Waals surface area (Å²) in [5.74, 6) is 0.547. The number of hydrogen-bond donors (Lipinski definition) is 1. The molecule has 6 heteroatoms. The van der Waals surface area contributed by atoms with Crippen LogP contribution in [0.3, 0.4) is 0 Å². The molecule has 1 radical (unpaired) electrons. The van der Waals surface area contributed by atoms with Crippen LogP contribution in [0.2, 0.25) is 6.04 Å². The Hall–Kier alpha value is -3.67. The number of aryl methyl sites for hydroxylation is 1. The molecule has 3 nitrogen and oxygen atoms in total. The molecule has 4 aromatic carbocycles. The second-order valence-electron chi connectivity index (χ2n) is 18.2. The molecule has 0 aliphatic rings. The number of hydrogen-bond acceptors (Lipinski definition) is 4. The molecular weight excluding hydrogens is 935 g/mol. The van der Waals surface area contributed by atoms with Crippen LogP contribution in [0.5, 0.6) is 0 Å². The van der Waals surface area contributed by atoms with E-state index in [0.717, 1.165) is 54.8 Å². The Labute approximate surface area is 374 Å². The maximum atomic E-state index is 11.7. The van der Waals surface area contributed by atoms with Gasteiger partial charge < -0.3 is 5.11 Å². The summed E-state index contributed by atoms with van der Waals surface area (Å²) in [7, 11) is -2.39. The molecule has 2 aromatic heterocycles. The average molecular weight is 1000 g/mol. The fraction of sp³-hybridized carbons (Fsp3) is 0.396. The molecule has 0 amide bonds. The zero-order chi connectivity index (χ0) is 42.3. The first-order valence-corrected chi connectivity index (χ1v) is 24.5. The molecule has 315 valence electrons. The average Bonchev–Trinajstić information content (AvgIpc) is 3.55. The predicted molar refractivity (Wildman–Crippen MR) is 255 cm³/mol. The summed E-state index contributed by atoms with van der Waals surface area (Å²) in [6, 6.07) is 40.9. The Bertz CT molecular complexity index is 2270. The molecule has 0 atom stereocenters. The van der Waals surface area contributed by atoms with E-state index >= 15 is 0 Å². The van der Waals surface area contributed by atoms with Crippen molar-refractivity contribution in [3.63, 3.8) is 0 Å². The Morgan fingerprint density at radius 2 is 1.32 bits per heavy atom. The number of carbonyl (C=O) groups excluding carboxylic acids is 1. The van der Waals surface area contributed by atoms with E-state index in [4.69, 9.17) is 4.98 Å². The molecule has 6 rings (SSSR count). The molecule has 0 spiro atoms. The number of rotatable bonds is 13. The third kappa shape index (κ3) is 11.0. The van der Waals surface area contributed by atoms with Crippen molar-refractivity contribution in [2.45, 2.75) is 120 Å². The third-order valence-electron chi connectivity index (χ3n) is 11.9. The minimum absolute atomic E-state index is 0. The molecule has 6 aromatic rings. The van der Waals surface area contributed by atoms with Gasteiger partial charge >= 0.3 is 0 Å². The minimum atomic E-state index is -2.39. The van der Waals surface area contributed by atoms with E-state index in [9.17, 15) is 9.90 Å². The molecule has 0 aliphatic carbocycles. The van der Waals surface area contributed by atoms with Gasteiger partial charge in [-0.3, -0.25) is 9.78 Å². The normalized spacial score (nSPS) is 12.5. The topological polar surface area (TPSA) is 50.2 Å². The van der Waals surface area contributed by atoms with E-state index in [2.05, 4.69) is 152 Å². The largest absolute Gasteiger partial charge is 0.512 e. The number of aliphatic hydroxyl groups excluding tert-OH is 1. The van der Waals surface area contributed by atoms with Crippen LogP contribution in [0.25, 0.3) is 32.1 Å². The van der Waals surface area contributed by atoms with E-state index in [-0.39, 0.29) is 54.3 Å². The number of aromatic nitrogens is 1. The van der Waals surface area contributed by atoms with Gasteiger partial charge in [-0.1, -0.05) is 159 Å². The predicted octanol–water partition coefficient (Wildman–Crippen LogP) is 13.3. The van der Waals surface area contributed by atoms with Crippen molar-refractivity contribution in [3.05, 3.63) is 132 Å². The monoisotopic (exact) mass is 1000 g/mol. The van der Waals surface area contributed by atoms with E-state index in [1.165, 1.54) is 43.0 Å². The van der Waals surface area contributed by atoms with Crippen molar-refractivity contribution in [1.82, 2.24) is 4.98 Å². The molecule has 0 bridgehead atoms. The number of thiophene rings is 1.